The van der Waals surface area contributed by atoms with Gasteiger partial charge in [-0.2, -0.15) is 0 Å². The molecule has 1 aliphatic rings. The standard InChI is InChI=1S/C14H24N2O4/c1-14(2,3)20-11(17)7-6-10-8-9-16(12(10)18)13(19)15(4)5/h10H,6-9H2,1-5H3. The van der Waals surface area contributed by atoms with Crippen LogP contribution in [0.25, 0.3) is 0 Å². The van der Waals surface area contributed by atoms with Crippen LogP contribution in [0.5, 0.6) is 0 Å². The van der Waals surface area contributed by atoms with Crippen LogP contribution in [-0.2, 0) is 14.3 Å². The maximum Gasteiger partial charge on any atom is 0.326 e. The summed E-state index contributed by atoms with van der Waals surface area (Å²) in [4.78, 5) is 38.1. The number of hydrogen-bond acceptors (Lipinski definition) is 4. The average Bonchev–Trinajstić information content (AvgIpc) is 2.64. The van der Waals surface area contributed by atoms with Gasteiger partial charge >= 0.3 is 12.0 Å². The van der Waals surface area contributed by atoms with Crippen molar-refractivity contribution in [3.05, 3.63) is 0 Å². The molecule has 114 valence electrons. The lowest BCUT2D eigenvalue weighted by Gasteiger charge is -2.20. The third-order valence-corrected chi connectivity index (χ3v) is 3.05. The average molecular weight is 284 g/mol. The van der Waals surface area contributed by atoms with Crippen LogP contribution in [0.3, 0.4) is 0 Å². The fraction of sp³-hybridized carbons (Fsp3) is 0.786. The summed E-state index contributed by atoms with van der Waals surface area (Å²) in [6.45, 7) is 5.85. The number of rotatable bonds is 3. The van der Waals surface area contributed by atoms with Crippen molar-refractivity contribution in [3.8, 4) is 0 Å². The second-order valence-electron chi connectivity index (χ2n) is 6.28. The Morgan fingerprint density at radius 1 is 1.35 bits per heavy atom. The van der Waals surface area contributed by atoms with Crippen LogP contribution in [0.15, 0.2) is 0 Å². The summed E-state index contributed by atoms with van der Waals surface area (Å²) in [6, 6.07) is -0.297. The summed E-state index contributed by atoms with van der Waals surface area (Å²) in [5, 5.41) is 0. The normalized spacial score (nSPS) is 19.1. The third-order valence-electron chi connectivity index (χ3n) is 3.05. The van der Waals surface area contributed by atoms with Crippen molar-refractivity contribution in [2.75, 3.05) is 20.6 Å². The molecular weight excluding hydrogens is 260 g/mol. The van der Waals surface area contributed by atoms with Crippen LogP contribution in [0, 0.1) is 5.92 Å². The van der Waals surface area contributed by atoms with Gasteiger partial charge in [-0.25, -0.2) is 4.79 Å². The molecule has 0 aromatic carbocycles. The number of nitrogens with zero attached hydrogens (tertiary/aromatic N) is 2. The molecule has 0 aromatic rings. The van der Waals surface area contributed by atoms with E-state index >= 15 is 0 Å². The van der Waals surface area contributed by atoms with Gasteiger partial charge in [0.05, 0.1) is 0 Å². The molecule has 1 heterocycles. The Morgan fingerprint density at radius 3 is 2.45 bits per heavy atom. The van der Waals surface area contributed by atoms with Gasteiger partial charge in [-0.1, -0.05) is 0 Å². The van der Waals surface area contributed by atoms with Gasteiger partial charge in [0.15, 0.2) is 0 Å². The van der Waals surface area contributed by atoms with Gasteiger partial charge < -0.3 is 9.64 Å². The summed E-state index contributed by atoms with van der Waals surface area (Å²) >= 11 is 0. The molecule has 20 heavy (non-hydrogen) atoms. The highest BCUT2D eigenvalue weighted by Crippen LogP contribution is 2.24. The molecule has 1 atom stereocenters. The molecule has 0 N–H and O–H groups in total. The number of urea groups is 1. The Kier molecular flexibility index (Phi) is 5.14. The molecule has 1 saturated heterocycles. The molecule has 1 fully saturated rings. The number of carbonyl (C=O) groups is 3. The molecule has 6 nitrogen and oxygen atoms in total. The zero-order valence-electron chi connectivity index (χ0n) is 12.9. The van der Waals surface area contributed by atoms with Crippen molar-refractivity contribution in [3.63, 3.8) is 0 Å². The van der Waals surface area contributed by atoms with E-state index < -0.39 is 5.60 Å². The van der Waals surface area contributed by atoms with E-state index in [1.165, 1.54) is 9.80 Å². The molecule has 0 aliphatic carbocycles. The van der Waals surface area contributed by atoms with E-state index in [1.54, 1.807) is 14.1 Å². The van der Waals surface area contributed by atoms with Crippen LogP contribution in [0.1, 0.15) is 40.0 Å². The Morgan fingerprint density at radius 2 is 1.95 bits per heavy atom. The second kappa shape index (κ2) is 6.24. The lowest BCUT2D eigenvalue weighted by Crippen LogP contribution is -2.40. The van der Waals surface area contributed by atoms with Gasteiger partial charge in [-0.15, -0.1) is 0 Å². The van der Waals surface area contributed by atoms with E-state index in [4.69, 9.17) is 4.74 Å². The molecule has 6 heteroatoms. The number of hydrogen-bond donors (Lipinski definition) is 0. The van der Waals surface area contributed by atoms with Gasteiger partial charge in [0.25, 0.3) is 0 Å². The number of ether oxygens (including phenoxy) is 1. The third kappa shape index (κ3) is 4.51. The highest BCUT2D eigenvalue weighted by Gasteiger charge is 2.36. The number of carbonyl (C=O) groups excluding carboxylic acids is 3. The van der Waals surface area contributed by atoms with E-state index in [0.29, 0.717) is 19.4 Å². The summed E-state index contributed by atoms with van der Waals surface area (Å²) in [5.74, 6) is -0.749. The first-order chi connectivity index (χ1) is 9.11. The fourth-order valence-electron chi connectivity index (χ4n) is 2.12. The van der Waals surface area contributed by atoms with Gasteiger partial charge in [0.2, 0.25) is 5.91 Å². The highest BCUT2D eigenvalue weighted by atomic mass is 16.6. The van der Waals surface area contributed by atoms with Gasteiger partial charge in [-0.3, -0.25) is 14.5 Å². The molecule has 1 rings (SSSR count). The number of imide groups is 1. The van der Waals surface area contributed by atoms with E-state index in [9.17, 15) is 14.4 Å². The van der Waals surface area contributed by atoms with Crippen LogP contribution >= 0.6 is 0 Å². The minimum absolute atomic E-state index is 0.188. The lowest BCUT2D eigenvalue weighted by molar-refractivity contribution is -0.155. The van der Waals surface area contributed by atoms with Crippen LogP contribution in [0.4, 0.5) is 4.79 Å². The van der Waals surface area contributed by atoms with E-state index in [2.05, 4.69) is 0 Å². The summed E-state index contributed by atoms with van der Waals surface area (Å²) in [7, 11) is 3.23. The molecule has 0 bridgehead atoms. The maximum absolute atomic E-state index is 12.1. The Bertz CT molecular complexity index is 398. The van der Waals surface area contributed by atoms with Crippen LogP contribution in [0.2, 0.25) is 0 Å². The molecule has 0 spiro atoms. The van der Waals surface area contributed by atoms with Crippen LogP contribution in [-0.4, -0.2) is 53.9 Å². The minimum Gasteiger partial charge on any atom is -0.460 e. The first-order valence-corrected chi connectivity index (χ1v) is 6.86. The van der Waals surface area contributed by atoms with E-state index in [1.807, 2.05) is 20.8 Å². The summed E-state index contributed by atoms with van der Waals surface area (Å²) < 4.78 is 5.21. The van der Waals surface area contributed by atoms with Crippen molar-refractivity contribution < 1.29 is 19.1 Å². The maximum atomic E-state index is 12.1. The predicted octanol–water partition coefficient (Wildman–Crippen LogP) is 1.64. The molecule has 1 aliphatic heterocycles. The van der Waals surface area contributed by atoms with Gasteiger partial charge in [0, 0.05) is 33.0 Å². The Balaban J connectivity index is 2.46. The predicted molar refractivity (Wildman–Crippen MR) is 74.0 cm³/mol. The van der Waals surface area contributed by atoms with Crippen molar-refractivity contribution in [2.45, 2.75) is 45.6 Å². The summed E-state index contributed by atoms with van der Waals surface area (Å²) in [5.41, 5.74) is -0.510. The zero-order chi connectivity index (χ0) is 15.5. The SMILES string of the molecule is CN(C)C(=O)N1CCC(CCC(=O)OC(C)(C)C)C1=O. The topological polar surface area (TPSA) is 66.9 Å². The molecule has 3 amide bonds. The number of esters is 1. The second-order valence-corrected chi connectivity index (χ2v) is 6.28. The molecular formula is C14H24N2O4. The quantitative estimate of drug-likeness (QED) is 0.739. The fourth-order valence-corrected chi connectivity index (χ4v) is 2.12. The highest BCUT2D eigenvalue weighted by molar-refractivity contribution is 5.97. The van der Waals surface area contributed by atoms with Crippen molar-refractivity contribution in [1.29, 1.82) is 0 Å². The minimum atomic E-state index is -0.510. The van der Waals surface area contributed by atoms with E-state index in [-0.39, 0.29) is 30.2 Å². The smallest absolute Gasteiger partial charge is 0.326 e. The Hall–Kier alpha value is -1.59. The van der Waals surface area contributed by atoms with Gasteiger partial charge in [0.1, 0.15) is 5.60 Å². The number of likely N-dealkylation sites (tertiary alicyclic amines) is 1. The molecule has 0 aromatic heterocycles. The Labute approximate surface area is 120 Å². The van der Waals surface area contributed by atoms with Crippen molar-refractivity contribution >= 4 is 17.9 Å². The van der Waals surface area contributed by atoms with Crippen LogP contribution < -0.4 is 0 Å². The molecule has 0 radical (unpaired) electrons. The molecule has 1 unspecified atom stereocenters. The van der Waals surface area contributed by atoms with Crippen molar-refractivity contribution in [2.24, 2.45) is 5.92 Å². The zero-order valence-corrected chi connectivity index (χ0v) is 12.9. The first-order valence-electron chi connectivity index (χ1n) is 6.86. The van der Waals surface area contributed by atoms with Crippen molar-refractivity contribution in [1.82, 2.24) is 9.80 Å². The largest absolute Gasteiger partial charge is 0.460 e. The molecule has 0 saturated carbocycles. The van der Waals surface area contributed by atoms with E-state index in [0.717, 1.165) is 0 Å². The number of amides is 3. The first kappa shape index (κ1) is 16.5. The monoisotopic (exact) mass is 284 g/mol. The van der Waals surface area contributed by atoms with Gasteiger partial charge in [-0.05, 0) is 33.6 Å². The lowest BCUT2D eigenvalue weighted by atomic mass is 10.0. The summed E-state index contributed by atoms with van der Waals surface area (Å²) in [6.07, 6.45) is 1.25.